The molecule has 13 heavy (non-hydrogen) atoms. The molecular formula is C11H18O2. The lowest BCUT2D eigenvalue weighted by Crippen LogP contribution is -2.40. The lowest BCUT2D eigenvalue weighted by atomic mass is 9.74. The van der Waals surface area contributed by atoms with Gasteiger partial charge in [-0.1, -0.05) is 31.8 Å². The molecule has 0 aromatic carbocycles. The quantitative estimate of drug-likeness (QED) is 0.510. The van der Waals surface area contributed by atoms with E-state index in [2.05, 4.69) is 18.4 Å². The first-order valence-electron chi connectivity index (χ1n) is 4.31. The highest BCUT2D eigenvalue weighted by Crippen LogP contribution is 2.33. The molecule has 2 heteroatoms. The van der Waals surface area contributed by atoms with Crippen LogP contribution >= 0.6 is 0 Å². The van der Waals surface area contributed by atoms with Gasteiger partial charge in [-0.3, -0.25) is 0 Å². The second-order valence-corrected chi connectivity index (χ2v) is 3.91. The van der Waals surface area contributed by atoms with Gasteiger partial charge in [0, 0.05) is 5.41 Å². The van der Waals surface area contributed by atoms with Crippen LogP contribution < -0.4 is 0 Å². The summed E-state index contributed by atoms with van der Waals surface area (Å²) in [4.78, 5) is 0. The van der Waals surface area contributed by atoms with Crippen LogP contribution in [0.3, 0.4) is 0 Å². The Balaban J connectivity index is 4.68. The second kappa shape index (κ2) is 4.45. The smallest absolute Gasteiger partial charge is 0.128 e. The fourth-order valence-electron chi connectivity index (χ4n) is 0.940. The second-order valence-electron chi connectivity index (χ2n) is 3.91. The maximum atomic E-state index is 9.97. The van der Waals surface area contributed by atoms with E-state index in [4.69, 9.17) is 5.11 Å². The Labute approximate surface area is 80.3 Å². The van der Waals surface area contributed by atoms with Gasteiger partial charge >= 0.3 is 0 Å². The molecule has 1 atom stereocenters. The number of hydrogen-bond donors (Lipinski definition) is 2. The Morgan fingerprint density at radius 2 is 1.92 bits per heavy atom. The highest BCUT2D eigenvalue weighted by molar-refractivity contribution is 5.17. The summed E-state index contributed by atoms with van der Waals surface area (Å²) in [6.07, 6.45) is 2.44. The van der Waals surface area contributed by atoms with Gasteiger partial charge < -0.3 is 10.2 Å². The molecule has 0 saturated carbocycles. The molecule has 0 bridgehead atoms. The molecule has 0 aliphatic heterocycles. The minimum atomic E-state index is -1.09. The molecule has 0 spiro atoms. The van der Waals surface area contributed by atoms with E-state index in [1.807, 2.05) is 13.8 Å². The van der Waals surface area contributed by atoms with Crippen molar-refractivity contribution in [3.8, 4) is 11.8 Å². The molecule has 0 rings (SSSR count). The largest absolute Gasteiger partial charge is 0.384 e. The van der Waals surface area contributed by atoms with Crippen LogP contribution in [0.5, 0.6) is 0 Å². The molecule has 2 N–H and O–H groups in total. The predicted octanol–water partition coefficient (Wildman–Crippen LogP) is 1.34. The Morgan fingerprint density at radius 3 is 2.31 bits per heavy atom. The molecule has 74 valence electrons. The third-order valence-corrected chi connectivity index (χ3v) is 2.38. The van der Waals surface area contributed by atoms with Gasteiger partial charge in [0.25, 0.3) is 0 Å². The molecule has 0 amide bonds. The molecule has 0 aromatic rings. The van der Waals surface area contributed by atoms with Crippen LogP contribution in [0.2, 0.25) is 0 Å². The zero-order valence-electron chi connectivity index (χ0n) is 8.59. The highest BCUT2D eigenvalue weighted by Gasteiger charge is 2.36. The van der Waals surface area contributed by atoms with Crippen molar-refractivity contribution in [2.24, 2.45) is 5.41 Å². The van der Waals surface area contributed by atoms with Crippen LogP contribution in [0.25, 0.3) is 0 Å². The minimum absolute atomic E-state index is 0.222. The summed E-state index contributed by atoms with van der Waals surface area (Å²) in [5, 5.41) is 18.5. The number of allylic oxidation sites excluding steroid dienone is 1. The maximum absolute atomic E-state index is 9.97. The van der Waals surface area contributed by atoms with Crippen molar-refractivity contribution in [3.05, 3.63) is 12.7 Å². The minimum Gasteiger partial charge on any atom is -0.384 e. The zero-order valence-corrected chi connectivity index (χ0v) is 8.59. The third-order valence-electron chi connectivity index (χ3n) is 2.38. The van der Waals surface area contributed by atoms with Gasteiger partial charge in [0.1, 0.15) is 12.2 Å². The van der Waals surface area contributed by atoms with Crippen LogP contribution in [-0.4, -0.2) is 22.4 Å². The van der Waals surface area contributed by atoms with Crippen molar-refractivity contribution in [2.45, 2.75) is 32.8 Å². The lowest BCUT2D eigenvalue weighted by molar-refractivity contribution is 0.00275. The van der Waals surface area contributed by atoms with Crippen LogP contribution in [0.15, 0.2) is 12.7 Å². The molecule has 0 heterocycles. The molecule has 1 unspecified atom stereocenters. The summed E-state index contributed by atoms with van der Waals surface area (Å²) in [6.45, 7) is 8.90. The van der Waals surface area contributed by atoms with Crippen LogP contribution in [0.1, 0.15) is 27.2 Å². The number of aliphatic hydroxyl groups is 2. The van der Waals surface area contributed by atoms with Gasteiger partial charge in [0.2, 0.25) is 0 Å². The summed E-state index contributed by atoms with van der Waals surface area (Å²) >= 11 is 0. The van der Waals surface area contributed by atoms with Gasteiger partial charge in [0.05, 0.1) is 0 Å². The van der Waals surface area contributed by atoms with E-state index in [0.717, 1.165) is 0 Å². The van der Waals surface area contributed by atoms with Crippen molar-refractivity contribution in [1.82, 2.24) is 0 Å². The topological polar surface area (TPSA) is 40.5 Å². The molecule has 0 fully saturated rings. The summed E-state index contributed by atoms with van der Waals surface area (Å²) < 4.78 is 0. The number of hydrogen-bond acceptors (Lipinski definition) is 2. The Hall–Kier alpha value is -0.780. The molecule has 2 nitrogen and oxygen atoms in total. The Kier molecular flexibility index (Phi) is 4.19. The highest BCUT2D eigenvalue weighted by atomic mass is 16.3. The fourth-order valence-corrected chi connectivity index (χ4v) is 0.940. The fraction of sp³-hybridized carbons (Fsp3) is 0.636. The Bertz CT molecular complexity index is 228. The first-order chi connectivity index (χ1) is 5.87. The van der Waals surface area contributed by atoms with Crippen molar-refractivity contribution >= 4 is 0 Å². The molecule has 0 aliphatic carbocycles. The van der Waals surface area contributed by atoms with Crippen LogP contribution in [0, 0.1) is 17.3 Å². The van der Waals surface area contributed by atoms with E-state index < -0.39 is 5.60 Å². The summed E-state index contributed by atoms with van der Waals surface area (Å²) in [5.74, 6) is 5.12. The third kappa shape index (κ3) is 3.22. The van der Waals surface area contributed by atoms with E-state index in [1.165, 1.54) is 0 Å². The number of rotatable bonds is 3. The zero-order chi connectivity index (χ0) is 10.5. The van der Waals surface area contributed by atoms with E-state index in [1.54, 1.807) is 13.0 Å². The first kappa shape index (κ1) is 12.2. The van der Waals surface area contributed by atoms with Crippen molar-refractivity contribution < 1.29 is 10.2 Å². The van der Waals surface area contributed by atoms with Crippen molar-refractivity contribution in [3.63, 3.8) is 0 Å². The van der Waals surface area contributed by atoms with Crippen LogP contribution in [0.4, 0.5) is 0 Å². The van der Waals surface area contributed by atoms with Crippen LogP contribution in [-0.2, 0) is 0 Å². The van der Waals surface area contributed by atoms with E-state index in [-0.39, 0.29) is 12.0 Å². The van der Waals surface area contributed by atoms with Crippen molar-refractivity contribution in [1.29, 1.82) is 0 Å². The molecular weight excluding hydrogens is 164 g/mol. The van der Waals surface area contributed by atoms with E-state index in [9.17, 15) is 5.11 Å². The van der Waals surface area contributed by atoms with Gasteiger partial charge in [-0.25, -0.2) is 0 Å². The summed E-state index contributed by atoms with van der Waals surface area (Å²) in [6, 6.07) is 0. The molecule has 0 radical (unpaired) electrons. The molecule has 0 aliphatic rings. The van der Waals surface area contributed by atoms with Gasteiger partial charge in [-0.2, -0.15) is 0 Å². The van der Waals surface area contributed by atoms with Gasteiger partial charge in [0.15, 0.2) is 0 Å². The standard InChI is InChI=1S/C11H18O2/c1-5-7-10(2,3)11(4,13)8-6-9-12/h5,12-13H,1,7,9H2,2-4H3. The molecule has 0 aromatic heterocycles. The van der Waals surface area contributed by atoms with Crippen molar-refractivity contribution in [2.75, 3.05) is 6.61 Å². The summed E-state index contributed by atoms with van der Waals surface area (Å²) in [5.41, 5.74) is -1.44. The Morgan fingerprint density at radius 1 is 1.38 bits per heavy atom. The average molecular weight is 182 g/mol. The van der Waals surface area contributed by atoms with E-state index >= 15 is 0 Å². The normalized spacial score (nSPS) is 15.5. The maximum Gasteiger partial charge on any atom is 0.128 e. The van der Waals surface area contributed by atoms with E-state index in [0.29, 0.717) is 6.42 Å². The van der Waals surface area contributed by atoms with Gasteiger partial charge in [-0.05, 0) is 13.3 Å². The number of aliphatic hydroxyl groups excluding tert-OH is 1. The summed E-state index contributed by atoms with van der Waals surface area (Å²) in [7, 11) is 0. The average Bonchev–Trinajstić information content (AvgIpc) is 2.00. The lowest BCUT2D eigenvalue weighted by Gasteiger charge is -2.35. The first-order valence-corrected chi connectivity index (χ1v) is 4.31. The predicted molar refractivity (Wildman–Crippen MR) is 54.1 cm³/mol. The SMILES string of the molecule is C=CCC(C)(C)C(C)(O)C#CCO. The van der Waals surface area contributed by atoms with Gasteiger partial charge in [-0.15, -0.1) is 6.58 Å². The molecule has 0 saturated heterocycles. The monoisotopic (exact) mass is 182 g/mol.